The van der Waals surface area contributed by atoms with Gasteiger partial charge in [0.05, 0.1) is 0 Å². The molecule has 0 aromatic heterocycles. The molecule has 4 N–H and O–H groups in total. The van der Waals surface area contributed by atoms with Crippen LogP contribution in [-0.2, 0) is 0 Å². The second-order valence-corrected chi connectivity index (χ2v) is 4.21. The van der Waals surface area contributed by atoms with E-state index in [9.17, 15) is 0 Å². The smallest absolute Gasteiger partial charge is 0.102 e. The van der Waals surface area contributed by atoms with Crippen molar-refractivity contribution in [2.75, 3.05) is 13.1 Å². The molecule has 13 heavy (non-hydrogen) atoms. The highest BCUT2D eigenvalue weighted by atomic mass is 16.3. The van der Waals surface area contributed by atoms with E-state index < -0.39 is 0 Å². The van der Waals surface area contributed by atoms with Gasteiger partial charge in [-0.15, -0.1) is 0 Å². The highest BCUT2D eigenvalue weighted by molar-refractivity contribution is 4.74. The largest absolute Gasteiger partial charge is 0.379 e. The summed E-state index contributed by atoms with van der Waals surface area (Å²) in [5.74, 6) is 1.50. The van der Waals surface area contributed by atoms with Crippen LogP contribution < -0.4 is 11.1 Å². The Labute approximate surface area is 80.7 Å². The molecule has 0 heterocycles. The third-order valence-corrected chi connectivity index (χ3v) is 3.00. The number of nitrogens with one attached hydrogen (secondary N) is 1. The van der Waals surface area contributed by atoms with Crippen molar-refractivity contribution in [1.82, 2.24) is 5.32 Å². The first-order chi connectivity index (χ1) is 6.22. The van der Waals surface area contributed by atoms with Gasteiger partial charge in [0, 0.05) is 6.54 Å². The summed E-state index contributed by atoms with van der Waals surface area (Å²) in [5.41, 5.74) is 5.62. The zero-order chi connectivity index (χ0) is 9.68. The van der Waals surface area contributed by atoms with E-state index in [1.807, 2.05) is 0 Å². The van der Waals surface area contributed by atoms with Crippen LogP contribution >= 0.6 is 0 Å². The van der Waals surface area contributed by atoms with Gasteiger partial charge in [-0.05, 0) is 51.0 Å². The van der Waals surface area contributed by atoms with Crippen LogP contribution in [0.15, 0.2) is 0 Å². The van der Waals surface area contributed by atoms with Gasteiger partial charge in [0.2, 0.25) is 0 Å². The first kappa shape index (κ1) is 11.0. The predicted octanol–water partition coefficient (Wildman–Crippen LogP) is 0.679. The van der Waals surface area contributed by atoms with Crippen LogP contribution in [0.4, 0.5) is 0 Å². The summed E-state index contributed by atoms with van der Waals surface area (Å²) >= 11 is 0. The van der Waals surface area contributed by atoms with Gasteiger partial charge >= 0.3 is 0 Å². The average Bonchev–Trinajstić information content (AvgIpc) is 2.15. The van der Waals surface area contributed by atoms with Crippen molar-refractivity contribution in [1.29, 1.82) is 0 Å². The molecule has 0 bridgehead atoms. The summed E-state index contributed by atoms with van der Waals surface area (Å²) in [4.78, 5) is 0. The molecule has 1 atom stereocenters. The number of rotatable bonds is 4. The van der Waals surface area contributed by atoms with Gasteiger partial charge in [0.15, 0.2) is 0 Å². The van der Waals surface area contributed by atoms with Crippen molar-refractivity contribution in [2.45, 2.75) is 38.8 Å². The van der Waals surface area contributed by atoms with Crippen LogP contribution in [0.3, 0.4) is 0 Å². The minimum atomic E-state index is -0.368. The first-order valence-electron chi connectivity index (χ1n) is 5.34. The molecule has 3 heteroatoms. The van der Waals surface area contributed by atoms with Crippen LogP contribution in [0.25, 0.3) is 0 Å². The minimum Gasteiger partial charge on any atom is -0.379 e. The fourth-order valence-corrected chi connectivity index (χ4v) is 2.01. The fourth-order valence-electron chi connectivity index (χ4n) is 2.01. The van der Waals surface area contributed by atoms with E-state index in [1.54, 1.807) is 6.92 Å². The second-order valence-electron chi connectivity index (χ2n) is 4.21. The van der Waals surface area contributed by atoms with Crippen molar-refractivity contribution in [3.8, 4) is 0 Å². The SMILES string of the molecule is CC(O)NCC1CCC(CN)CC1. The molecule has 1 unspecified atom stereocenters. The van der Waals surface area contributed by atoms with Gasteiger partial charge in [0.25, 0.3) is 0 Å². The third kappa shape index (κ3) is 4.07. The Morgan fingerprint density at radius 1 is 1.31 bits per heavy atom. The summed E-state index contributed by atoms with van der Waals surface area (Å²) in [7, 11) is 0. The van der Waals surface area contributed by atoms with Crippen molar-refractivity contribution in [3.05, 3.63) is 0 Å². The Morgan fingerprint density at radius 3 is 2.31 bits per heavy atom. The number of hydrogen-bond donors (Lipinski definition) is 3. The maximum absolute atomic E-state index is 9.05. The van der Waals surface area contributed by atoms with Gasteiger partial charge in [-0.25, -0.2) is 0 Å². The zero-order valence-electron chi connectivity index (χ0n) is 8.50. The number of hydrogen-bond acceptors (Lipinski definition) is 3. The minimum absolute atomic E-state index is 0.368. The quantitative estimate of drug-likeness (QED) is 0.566. The normalized spacial score (nSPS) is 31.6. The van der Waals surface area contributed by atoms with Crippen molar-refractivity contribution in [2.24, 2.45) is 17.6 Å². The highest BCUT2D eigenvalue weighted by Gasteiger charge is 2.19. The maximum atomic E-state index is 9.05. The maximum Gasteiger partial charge on any atom is 0.102 e. The lowest BCUT2D eigenvalue weighted by Crippen LogP contribution is -2.33. The topological polar surface area (TPSA) is 58.3 Å². The first-order valence-corrected chi connectivity index (χ1v) is 5.34. The Hall–Kier alpha value is -0.120. The Kier molecular flexibility index (Phi) is 4.70. The summed E-state index contributed by atoms with van der Waals surface area (Å²) in [5, 5.41) is 12.1. The van der Waals surface area contributed by atoms with E-state index in [-0.39, 0.29) is 6.23 Å². The lowest BCUT2D eigenvalue weighted by Gasteiger charge is -2.28. The molecule has 1 aliphatic rings. The molecule has 0 aliphatic heterocycles. The van der Waals surface area contributed by atoms with E-state index >= 15 is 0 Å². The van der Waals surface area contributed by atoms with Crippen molar-refractivity contribution in [3.63, 3.8) is 0 Å². The second kappa shape index (κ2) is 5.58. The lowest BCUT2D eigenvalue weighted by molar-refractivity contribution is 0.141. The van der Waals surface area contributed by atoms with Crippen molar-refractivity contribution < 1.29 is 5.11 Å². The molecule has 78 valence electrons. The average molecular weight is 186 g/mol. The van der Waals surface area contributed by atoms with Gasteiger partial charge in [-0.1, -0.05) is 0 Å². The van der Waals surface area contributed by atoms with Crippen LogP contribution in [0.2, 0.25) is 0 Å². The molecule has 1 saturated carbocycles. The molecule has 1 fully saturated rings. The fraction of sp³-hybridized carbons (Fsp3) is 1.00. The molecular formula is C10H22N2O. The van der Waals surface area contributed by atoms with Crippen LogP contribution in [0.1, 0.15) is 32.6 Å². The summed E-state index contributed by atoms with van der Waals surface area (Å²) in [6, 6.07) is 0. The third-order valence-electron chi connectivity index (χ3n) is 3.00. The molecular weight excluding hydrogens is 164 g/mol. The molecule has 1 aliphatic carbocycles. The number of aliphatic hydroxyl groups excluding tert-OH is 1. The molecule has 3 nitrogen and oxygen atoms in total. The van der Waals surface area contributed by atoms with Gasteiger partial charge in [-0.3, -0.25) is 5.32 Å². The van der Waals surface area contributed by atoms with E-state index in [1.165, 1.54) is 25.7 Å². The Morgan fingerprint density at radius 2 is 1.85 bits per heavy atom. The van der Waals surface area contributed by atoms with E-state index in [0.717, 1.165) is 24.9 Å². The van der Waals surface area contributed by atoms with E-state index in [0.29, 0.717) is 0 Å². The standard InChI is InChI=1S/C10H22N2O/c1-8(13)12-7-10-4-2-9(6-11)3-5-10/h8-10,12-13H,2-7,11H2,1H3. The molecule has 0 aromatic rings. The van der Waals surface area contributed by atoms with Crippen LogP contribution in [0.5, 0.6) is 0 Å². The van der Waals surface area contributed by atoms with Crippen LogP contribution in [0, 0.1) is 11.8 Å². The van der Waals surface area contributed by atoms with Crippen molar-refractivity contribution >= 4 is 0 Å². The number of nitrogens with two attached hydrogens (primary N) is 1. The van der Waals surface area contributed by atoms with E-state index in [4.69, 9.17) is 10.8 Å². The van der Waals surface area contributed by atoms with Gasteiger partial charge < -0.3 is 10.8 Å². The summed E-state index contributed by atoms with van der Waals surface area (Å²) in [6.45, 7) is 3.57. The molecule has 1 rings (SSSR count). The zero-order valence-corrected chi connectivity index (χ0v) is 8.50. The van der Waals surface area contributed by atoms with Crippen LogP contribution in [-0.4, -0.2) is 24.4 Å². The molecule has 0 radical (unpaired) electrons. The summed E-state index contributed by atoms with van der Waals surface area (Å²) in [6.07, 6.45) is 4.70. The van der Waals surface area contributed by atoms with Gasteiger partial charge in [0.1, 0.15) is 6.23 Å². The molecule has 0 spiro atoms. The summed E-state index contributed by atoms with van der Waals surface area (Å²) < 4.78 is 0. The highest BCUT2D eigenvalue weighted by Crippen LogP contribution is 2.27. The Balaban J connectivity index is 2.10. The molecule has 0 aromatic carbocycles. The molecule has 0 saturated heterocycles. The number of aliphatic hydroxyl groups is 1. The predicted molar refractivity (Wildman–Crippen MR) is 54.2 cm³/mol. The Bertz CT molecular complexity index is 131. The van der Waals surface area contributed by atoms with Gasteiger partial charge in [-0.2, -0.15) is 0 Å². The lowest BCUT2D eigenvalue weighted by atomic mass is 9.82. The monoisotopic (exact) mass is 186 g/mol. The van der Waals surface area contributed by atoms with E-state index in [2.05, 4.69) is 5.32 Å². The molecule has 0 amide bonds.